The predicted molar refractivity (Wildman–Crippen MR) is 71.2 cm³/mol. The molecule has 0 saturated heterocycles. The first-order valence-electron chi connectivity index (χ1n) is 6.19. The van der Waals surface area contributed by atoms with E-state index in [4.69, 9.17) is 9.47 Å². The largest absolute Gasteiger partial charge is 0.481 e. The molecule has 0 radical (unpaired) electrons. The number of methoxy groups -OCH3 is 1. The fourth-order valence-corrected chi connectivity index (χ4v) is 1.69. The Morgan fingerprint density at radius 2 is 2.06 bits per heavy atom. The Kier molecular flexibility index (Phi) is 3.97. The molecule has 0 unspecified atom stereocenters. The van der Waals surface area contributed by atoms with Gasteiger partial charge < -0.3 is 9.47 Å². The third-order valence-electron chi connectivity index (χ3n) is 2.70. The zero-order valence-electron chi connectivity index (χ0n) is 11.1. The maximum Gasteiger partial charge on any atom is 0.243 e. The quantitative estimate of drug-likeness (QED) is 0.760. The van der Waals surface area contributed by atoms with Crippen LogP contribution in [0.2, 0.25) is 0 Å². The molecule has 0 fully saturated rings. The lowest BCUT2D eigenvalue weighted by molar-refractivity contribution is 0.294. The molecule has 18 heavy (non-hydrogen) atoms. The summed E-state index contributed by atoms with van der Waals surface area (Å²) in [6.45, 7) is 4.74. The first kappa shape index (κ1) is 12.6. The molecule has 2 heterocycles. The van der Waals surface area contributed by atoms with E-state index in [-0.39, 0.29) is 0 Å². The summed E-state index contributed by atoms with van der Waals surface area (Å²) in [5.41, 5.74) is 1.75. The number of ether oxygens (including phenoxy) is 2. The monoisotopic (exact) mass is 246 g/mol. The van der Waals surface area contributed by atoms with Crippen LogP contribution in [0.15, 0.2) is 18.2 Å². The minimum Gasteiger partial charge on any atom is -0.481 e. The van der Waals surface area contributed by atoms with Crippen LogP contribution in [0.5, 0.6) is 11.8 Å². The lowest BCUT2D eigenvalue weighted by atomic mass is 10.2. The van der Waals surface area contributed by atoms with Gasteiger partial charge in [0.25, 0.3) is 0 Å². The van der Waals surface area contributed by atoms with E-state index in [2.05, 4.69) is 16.9 Å². The van der Waals surface area contributed by atoms with Crippen LogP contribution in [-0.4, -0.2) is 23.7 Å². The number of nitrogens with zero attached hydrogens (tertiary/aromatic N) is 2. The zero-order valence-corrected chi connectivity index (χ0v) is 11.1. The number of rotatable bonds is 5. The maximum absolute atomic E-state index is 5.70. The van der Waals surface area contributed by atoms with E-state index in [1.165, 1.54) is 0 Å². The van der Waals surface area contributed by atoms with E-state index in [1.54, 1.807) is 7.11 Å². The van der Waals surface area contributed by atoms with Crippen LogP contribution in [0.1, 0.15) is 25.5 Å². The topological polar surface area (TPSA) is 44.2 Å². The van der Waals surface area contributed by atoms with Crippen molar-refractivity contribution in [3.63, 3.8) is 0 Å². The summed E-state index contributed by atoms with van der Waals surface area (Å²) in [7, 11) is 1.60. The molecule has 0 atom stereocenters. The van der Waals surface area contributed by atoms with Crippen LogP contribution in [-0.2, 0) is 0 Å². The molecule has 2 aromatic rings. The van der Waals surface area contributed by atoms with E-state index < -0.39 is 0 Å². The van der Waals surface area contributed by atoms with Gasteiger partial charge in [-0.15, -0.1) is 0 Å². The zero-order chi connectivity index (χ0) is 13.0. The third-order valence-corrected chi connectivity index (χ3v) is 2.70. The molecular weight excluding hydrogens is 228 g/mol. The van der Waals surface area contributed by atoms with Crippen molar-refractivity contribution < 1.29 is 9.47 Å². The van der Waals surface area contributed by atoms with Gasteiger partial charge in [0, 0.05) is 17.1 Å². The first-order chi connectivity index (χ1) is 8.74. The second-order valence-corrected chi connectivity index (χ2v) is 4.20. The van der Waals surface area contributed by atoms with Crippen LogP contribution >= 0.6 is 0 Å². The van der Waals surface area contributed by atoms with E-state index in [9.17, 15) is 0 Å². The summed E-state index contributed by atoms with van der Waals surface area (Å²) in [6.07, 6.45) is 2.10. The third kappa shape index (κ3) is 2.70. The number of unbranched alkanes of at least 4 members (excludes halogenated alkanes) is 1. The lowest BCUT2D eigenvalue weighted by Gasteiger charge is -2.09. The van der Waals surface area contributed by atoms with Crippen molar-refractivity contribution in [2.75, 3.05) is 13.7 Å². The SMILES string of the molecule is CCCCOc1nc(OC)cc2ccc(C)nc12. The average molecular weight is 246 g/mol. The number of fused-ring (bicyclic) bond motifs is 1. The molecule has 0 saturated carbocycles. The standard InChI is InChI=1S/C14H18N2O2/c1-4-5-8-18-14-13-11(7-6-10(2)15-13)9-12(16-14)17-3/h6-7,9H,4-5,8H2,1-3H3. The van der Waals surface area contributed by atoms with E-state index in [0.29, 0.717) is 18.4 Å². The smallest absolute Gasteiger partial charge is 0.243 e. The molecule has 4 heteroatoms. The molecule has 0 spiro atoms. The molecule has 4 nitrogen and oxygen atoms in total. The molecule has 0 aromatic carbocycles. The van der Waals surface area contributed by atoms with Crippen LogP contribution in [0.3, 0.4) is 0 Å². The Bertz CT molecular complexity index is 541. The predicted octanol–water partition coefficient (Wildman–Crippen LogP) is 3.13. The van der Waals surface area contributed by atoms with Crippen molar-refractivity contribution in [1.82, 2.24) is 9.97 Å². The molecule has 0 N–H and O–H groups in total. The summed E-state index contributed by atoms with van der Waals surface area (Å²) in [6, 6.07) is 5.85. The molecule has 0 aliphatic carbocycles. The summed E-state index contributed by atoms with van der Waals surface area (Å²) < 4.78 is 10.9. The second kappa shape index (κ2) is 5.67. The van der Waals surface area contributed by atoms with E-state index in [0.717, 1.165) is 29.4 Å². The Hall–Kier alpha value is -1.84. The number of pyridine rings is 2. The summed E-state index contributed by atoms with van der Waals surface area (Å²) in [5.74, 6) is 1.11. The van der Waals surface area contributed by atoms with Gasteiger partial charge in [0.2, 0.25) is 11.8 Å². The van der Waals surface area contributed by atoms with Crippen molar-refractivity contribution in [1.29, 1.82) is 0 Å². The van der Waals surface area contributed by atoms with Crippen molar-refractivity contribution in [3.8, 4) is 11.8 Å². The molecule has 2 aromatic heterocycles. The van der Waals surface area contributed by atoms with Crippen LogP contribution in [0.4, 0.5) is 0 Å². The highest BCUT2D eigenvalue weighted by molar-refractivity contribution is 5.84. The number of hydrogen-bond acceptors (Lipinski definition) is 4. The average Bonchev–Trinajstić information content (AvgIpc) is 2.39. The lowest BCUT2D eigenvalue weighted by Crippen LogP contribution is -2.01. The highest BCUT2D eigenvalue weighted by Crippen LogP contribution is 2.26. The Labute approximate surface area is 107 Å². The molecule has 0 amide bonds. The fraction of sp³-hybridized carbons (Fsp3) is 0.429. The Morgan fingerprint density at radius 1 is 1.22 bits per heavy atom. The Morgan fingerprint density at radius 3 is 2.78 bits per heavy atom. The van der Waals surface area contributed by atoms with Gasteiger partial charge in [-0.25, -0.2) is 4.98 Å². The van der Waals surface area contributed by atoms with Gasteiger partial charge in [0.1, 0.15) is 5.52 Å². The van der Waals surface area contributed by atoms with Crippen molar-refractivity contribution >= 4 is 10.9 Å². The van der Waals surface area contributed by atoms with E-state index >= 15 is 0 Å². The highest BCUT2D eigenvalue weighted by atomic mass is 16.5. The minimum absolute atomic E-state index is 0.555. The van der Waals surface area contributed by atoms with Gasteiger partial charge in [-0.05, 0) is 19.4 Å². The fourth-order valence-electron chi connectivity index (χ4n) is 1.69. The molecule has 96 valence electrons. The summed E-state index contributed by atoms with van der Waals surface area (Å²) >= 11 is 0. The van der Waals surface area contributed by atoms with Gasteiger partial charge in [-0.1, -0.05) is 19.4 Å². The van der Waals surface area contributed by atoms with Crippen molar-refractivity contribution in [3.05, 3.63) is 23.9 Å². The number of aromatic nitrogens is 2. The Balaban J connectivity index is 2.42. The van der Waals surface area contributed by atoms with Crippen molar-refractivity contribution in [2.45, 2.75) is 26.7 Å². The summed E-state index contributed by atoms with van der Waals surface area (Å²) in [4.78, 5) is 8.81. The van der Waals surface area contributed by atoms with Gasteiger partial charge >= 0.3 is 0 Å². The number of aryl methyl sites for hydroxylation is 1. The molecule has 0 bridgehead atoms. The second-order valence-electron chi connectivity index (χ2n) is 4.20. The van der Waals surface area contributed by atoms with Gasteiger partial charge in [0.05, 0.1) is 13.7 Å². The minimum atomic E-state index is 0.555. The van der Waals surface area contributed by atoms with E-state index in [1.807, 2.05) is 25.1 Å². The normalized spacial score (nSPS) is 10.6. The van der Waals surface area contributed by atoms with Crippen molar-refractivity contribution in [2.24, 2.45) is 0 Å². The maximum atomic E-state index is 5.70. The highest BCUT2D eigenvalue weighted by Gasteiger charge is 2.09. The van der Waals surface area contributed by atoms with Gasteiger partial charge in [0.15, 0.2) is 0 Å². The molecular formula is C14H18N2O2. The molecule has 0 aliphatic rings. The van der Waals surface area contributed by atoms with Crippen LogP contribution in [0.25, 0.3) is 10.9 Å². The number of hydrogen-bond donors (Lipinski definition) is 0. The van der Waals surface area contributed by atoms with Crippen LogP contribution < -0.4 is 9.47 Å². The molecule has 0 aliphatic heterocycles. The van der Waals surface area contributed by atoms with Crippen LogP contribution in [0, 0.1) is 6.92 Å². The van der Waals surface area contributed by atoms with Gasteiger partial charge in [-0.3, -0.25) is 0 Å². The summed E-state index contributed by atoms with van der Waals surface area (Å²) in [5, 5.41) is 0.985. The molecule has 2 rings (SSSR count). The first-order valence-corrected chi connectivity index (χ1v) is 6.19. The van der Waals surface area contributed by atoms with Gasteiger partial charge in [-0.2, -0.15) is 4.98 Å².